The van der Waals surface area contributed by atoms with Crippen LogP contribution < -0.4 is 0 Å². The predicted octanol–water partition coefficient (Wildman–Crippen LogP) is 4.23. The molecule has 0 aliphatic heterocycles. The first-order chi connectivity index (χ1) is 13.5. The lowest BCUT2D eigenvalue weighted by molar-refractivity contribution is 0.0947. The summed E-state index contributed by atoms with van der Waals surface area (Å²) in [5, 5.41) is 28.1. The molecule has 0 saturated heterocycles. The molecule has 0 aliphatic carbocycles. The number of carbonyl (C=O) groups is 2. The smallest absolute Gasteiger partial charge is 0.295 e. The minimum Gasteiger partial charge on any atom is -0.494 e. The molecule has 0 radical (unpaired) electrons. The summed E-state index contributed by atoms with van der Waals surface area (Å²) in [5.41, 5.74) is 1.56. The van der Waals surface area contributed by atoms with Gasteiger partial charge in [0.1, 0.15) is 0 Å². The summed E-state index contributed by atoms with van der Waals surface area (Å²) in [6, 6.07) is 11.3. The number of aromatic hydroxyl groups is 2. The molecular formula is C21H19N3O4. The van der Waals surface area contributed by atoms with Gasteiger partial charge >= 0.3 is 0 Å². The van der Waals surface area contributed by atoms with Crippen molar-refractivity contribution in [3.63, 3.8) is 0 Å². The van der Waals surface area contributed by atoms with Crippen LogP contribution in [0.1, 0.15) is 33.2 Å². The minimum atomic E-state index is -0.726. The Morgan fingerprint density at radius 3 is 2.14 bits per heavy atom. The Kier molecular flexibility index (Phi) is 5.35. The first-order valence-corrected chi connectivity index (χ1v) is 8.70. The summed E-state index contributed by atoms with van der Waals surface area (Å²) in [7, 11) is 0. The fourth-order valence-electron chi connectivity index (χ4n) is 2.84. The highest BCUT2D eigenvalue weighted by Crippen LogP contribution is 2.36. The van der Waals surface area contributed by atoms with Crippen molar-refractivity contribution in [2.75, 3.05) is 0 Å². The molecule has 1 heterocycles. The highest BCUT2D eigenvalue weighted by atomic mass is 16.3. The van der Waals surface area contributed by atoms with Crippen molar-refractivity contribution in [2.45, 2.75) is 19.9 Å². The van der Waals surface area contributed by atoms with Gasteiger partial charge in [0, 0.05) is 28.4 Å². The third kappa shape index (κ3) is 3.55. The second-order valence-corrected chi connectivity index (χ2v) is 6.17. The van der Waals surface area contributed by atoms with Crippen LogP contribution in [-0.2, 0) is 13.0 Å². The average molecular weight is 377 g/mol. The van der Waals surface area contributed by atoms with Crippen molar-refractivity contribution in [3.05, 3.63) is 71.8 Å². The van der Waals surface area contributed by atoms with E-state index in [2.05, 4.69) is 16.8 Å². The first kappa shape index (κ1) is 19.0. The maximum atomic E-state index is 12.3. The van der Waals surface area contributed by atoms with Gasteiger partial charge in [0.15, 0.2) is 0 Å². The molecule has 1 aromatic heterocycles. The van der Waals surface area contributed by atoms with Crippen molar-refractivity contribution < 1.29 is 19.8 Å². The van der Waals surface area contributed by atoms with Gasteiger partial charge in [-0.05, 0) is 42.3 Å². The number of amides is 2. The third-order valence-corrected chi connectivity index (χ3v) is 4.41. The lowest BCUT2D eigenvalue weighted by Gasteiger charge is -2.01. The quantitative estimate of drug-likeness (QED) is 0.513. The van der Waals surface area contributed by atoms with E-state index in [1.54, 1.807) is 12.1 Å². The Balaban J connectivity index is 1.84. The monoisotopic (exact) mass is 377 g/mol. The van der Waals surface area contributed by atoms with Crippen LogP contribution in [0.3, 0.4) is 0 Å². The zero-order valence-corrected chi connectivity index (χ0v) is 15.3. The number of rotatable bonds is 5. The van der Waals surface area contributed by atoms with E-state index in [9.17, 15) is 19.8 Å². The topological polar surface area (TPSA) is 104 Å². The van der Waals surface area contributed by atoms with Gasteiger partial charge in [0.2, 0.25) is 11.8 Å². The number of benzene rings is 2. The van der Waals surface area contributed by atoms with Crippen molar-refractivity contribution in [2.24, 2.45) is 10.2 Å². The number of fused-ring (bicyclic) bond motifs is 1. The van der Waals surface area contributed by atoms with E-state index in [0.717, 1.165) is 12.0 Å². The predicted molar refractivity (Wildman–Crippen MR) is 105 cm³/mol. The summed E-state index contributed by atoms with van der Waals surface area (Å²) in [5.74, 6) is -1.66. The Morgan fingerprint density at radius 2 is 1.54 bits per heavy atom. The second-order valence-electron chi connectivity index (χ2n) is 6.17. The zero-order chi connectivity index (χ0) is 20.3. The molecule has 7 heteroatoms. The molecule has 142 valence electrons. The van der Waals surface area contributed by atoms with Gasteiger partial charge < -0.3 is 10.2 Å². The highest BCUT2D eigenvalue weighted by Gasteiger charge is 2.17. The van der Waals surface area contributed by atoms with Gasteiger partial charge in [-0.3, -0.25) is 14.2 Å². The van der Waals surface area contributed by atoms with Crippen LogP contribution in [0.5, 0.6) is 11.8 Å². The van der Waals surface area contributed by atoms with Crippen LogP contribution in [0.25, 0.3) is 10.8 Å². The molecule has 0 aliphatic rings. The van der Waals surface area contributed by atoms with Gasteiger partial charge in [0.25, 0.3) is 11.8 Å². The van der Waals surface area contributed by atoms with Crippen LogP contribution >= 0.6 is 0 Å². The number of azo groups is 1. The van der Waals surface area contributed by atoms with E-state index in [1.165, 1.54) is 28.8 Å². The Bertz CT molecular complexity index is 1100. The molecule has 0 saturated carbocycles. The molecule has 2 N–H and O–H groups in total. The van der Waals surface area contributed by atoms with Gasteiger partial charge in [-0.25, -0.2) is 0 Å². The second kappa shape index (κ2) is 7.87. The number of aromatic nitrogens is 1. The summed E-state index contributed by atoms with van der Waals surface area (Å²) >= 11 is 0. The van der Waals surface area contributed by atoms with Crippen LogP contribution in [-0.4, -0.2) is 26.6 Å². The van der Waals surface area contributed by atoms with Crippen LogP contribution in [0.15, 0.2) is 65.3 Å². The molecule has 0 unspecified atom stereocenters. The van der Waals surface area contributed by atoms with Crippen molar-refractivity contribution in [1.82, 2.24) is 4.57 Å². The summed E-state index contributed by atoms with van der Waals surface area (Å²) in [6.45, 7) is 5.79. The molecule has 2 amide bonds. The van der Waals surface area contributed by atoms with E-state index in [1.807, 2.05) is 19.1 Å². The van der Waals surface area contributed by atoms with Crippen LogP contribution in [0.2, 0.25) is 0 Å². The van der Waals surface area contributed by atoms with Crippen LogP contribution in [0, 0.1) is 0 Å². The maximum absolute atomic E-state index is 12.3. The molecule has 7 nitrogen and oxygen atoms in total. The van der Waals surface area contributed by atoms with E-state index in [0.29, 0.717) is 16.3 Å². The molecule has 2 aromatic carbocycles. The molecule has 3 aromatic rings. The highest BCUT2D eigenvalue weighted by molar-refractivity contribution is 6.03. The fourth-order valence-corrected chi connectivity index (χ4v) is 2.84. The molecule has 3 rings (SSSR count). The Labute approximate surface area is 161 Å². The van der Waals surface area contributed by atoms with Gasteiger partial charge in [0.05, 0.1) is 0 Å². The van der Waals surface area contributed by atoms with E-state index in [4.69, 9.17) is 0 Å². The summed E-state index contributed by atoms with van der Waals surface area (Å²) < 4.78 is 1.26. The molecule has 0 atom stereocenters. The summed E-state index contributed by atoms with van der Waals surface area (Å²) in [4.78, 5) is 24.3. The van der Waals surface area contributed by atoms with Gasteiger partial charge in [-0.2, -0.15) is 0 Å². The number of allylic oxidation sites excluding steroid dienone is 1. The lowest BCUT2D eigenvalue weighted by Crippen LogP contribution is -1.98. The maximum Gasteiger partial charge on any atom is 0.295 e. The average Bonchev–Trinajstić information content (AvgIpc) is 2.96. The largest absolute Gasteiger partial charge is 0.494 e. The number of hydrogen-bond donors (Lipinski definition) is 2. The normalized spacial score (nSPS) is 11.2. The minimum absolute atomic E-state index is 0.126. The van der Waals surface area contributed by atoms with Gasteiger partial charge in [-0.1, -0.05) is 25.1 Å². The SMILES string of the molecule is C=CCn1c(O)c2ccc(C(=O)N=NC(=O)c3ccc(CC)cc3)cc2c1O. The first-order valence-electron chi connectivity index (χ1n) is 8.70. The van der Waals surface area contributed by atoms with E-state index < -0.39 is 11.8 Å². The van der Waals surface area contributed by atoms with Crippen molar-refractivity contribution in [1.29, 1.82) is 0 Å². The third-order valence-electron chi connectivity index (χ3n) is 4.41. The van der Waals surface area contributed by atoms with Crippen molar-refractivity contribution in [3.8, 4) is 11.8 Å². The van der Waals surface area contributed by atoms with E-state index in [-0.39, 0.29) is 23.9 Å². The lowest BCUT2D eigenvalue weighted by atomic mass is 10.1. The van der Waals surface area contributed by atoms with Crippen LogP contribution in [0.4, 0.5) is 0 Å². The van der Waals surface area contributed by atoms with Gasteiger partial charge in [-0.15, -0.1) is 16.8 Å². The number of aryl methyl sites for hydroxylation is 1. The molecular weight excluding hydrogens is 358 g/mol. The Morgan fingerprint density at radius 1 is 0.964 bits per heavy atom. The Hall–Kier alpha value is -3.74. The molecule has 0 bridgehead atoms. The number of hydrogen-bond acceptors (Lipinski definition) is 4. The fraction of sp³-hybridized carbons (Fsp3) is 0.143. The number of carbonyl (C=O) groups excluding carboxylic acids is 2. The molecule has 0 spiro atoms. The van der Waals surface area contributed by atoms with E-state index >= 15 is 0 Å². The summed E-state index contributed by atoms with van der Waals surface area (Å²) in [6.07, 6.45) is 2.38. The number of nitrogens with zero attached hydrogens (tertiary/aromatic N) is 3. The molecule has 28 heavy (non-hydrogen) atoms. The zero-order valence-electron chi connectivity index (χ0n) is 15.3. The standard InChI is InChI=1S/C21H19N3O4/c1-3-11-24-20(27)16-10-9-15(12-17(16)21(24)28)19(26)23-22-18(25)14-7-5-13(4-2)6-8-14/h3,5-10,12,27-28H,1,4,11H2,2H3. The molecule has 0 fully saturated rings. The van der Waals surface area contributed by atoms with Crippen molar-refractivity contribution >= 4 is 22.6 Å².